The number of carbonyl (C=O) groups excluding carboxylic acids is 1. The van der Waals surface area contributed by atoms with Gasteiger partial charge in [0.2, 0.25) is 5.91 Å². The number of hydrogen-bond acceptors (Lipinski definition) is 4. The fourth-order valence-corrected chi connectivity index (χ4v) is 2.44. The molecule has 1 rings (SSSR count). The predicted octanol–water partition coefficient (Wildman–Crippen LogP) is 2.52. The number of methoxy groups -OCH3 is 1. The number of rotatable bonds is 10. The van der Waals surface area contributed by atoms with Crippen LogP contribution >= 0.6 is 15.9 Å². The first-order valence-corrected chi connectivity index (χ1v) is 7.79. The van der Waals surface area contributed by atoms with Crippen LogP contribution in [0, 0.1) is 0 Å². The lowest BCUT2D eigenvalue weighted by atomic mass is 10.0. The Bertz CT molecular complexity index is 455. The molecule has 0 spiro atoms. The van der Waals surface area contributed by atoms with E-state index in [-0.39, 0.29) is 11.9 Å². The molecule has 0 aliphatic rings. The second kappa shape index (κ2) is 9.76. The Morgan fingerprint density at radius 1 is 1.33 bits per heavy atom. The van der Waals surface area contributed by atoms with Gasteiger partial charge < -0.3 is 20.9 Å². The van der Waals surface area contributed by atoms with E-state index in [4.69, 9.17) is 20.9 Å². The van der Waals surface area contributed by atoms with Gasteiger partial charge in [0, 0.05) is 19.6 Å². The second-order valence-corrected chi connectivity index (χ2v) is 5.70. The summed E-state index contributed by atoms with van der Waals surface area (Å²) < 4.78 is 11.4. The van der Waals surface area contributed by atoms with Crippen LogP contribution in [0.5, 0.6) is 5.75 Å². The normalized spacial score (nSPS) is 12.1. The van der Waals surface area contributed by atoms with Crippen molar-refractivity contribution in [3.8, 4) is 5.75 Å². The molecule has 1 amide bonds. The Hall–Kier alpha value is -1.11. The molecule has 0 radical (unpaired) electrons. The molecule has 0 aliphatic heterocycles. The highest BCUT2D eigenvalue weighted by Gasteiger charge is 2.09. The molecule has 118 valence electrons. The minimum absolute atomic E-state index is 0.0535. The number of nitrogens with two attached hydrogens (primary N) is 2. The SMILES string of the molecule is COCCOc1ccc(C(N)CCCCC(N)=O)cc1Br. The number of amides is 1. The summed E-state index contributed by atoms with van der Waals surface area (Å²) in [7, 11) is 1.64. The third-order valence-electron chi connectivity index (χ3n) is 3.12. The van der Waals surface area contributed by atoms with Gasteiger partial charge in [-0.1, -0.05) is 12.5 Å². The minimum Gasteiger partial charge on any atom is -0.490 e. The van der Waals surface area contributed by atoms with Gasteiger partial charge in [-0.2, -0.15) is 0 Å². The largest absolute Gasteiger partial charge is 0.490 e. The molecular formula is C15H23BrN2O3. The highest BCUT2D eigenvalue weighted by molar-refractivity contribution is 9.10. The van der Waals surface area contributed by atoms with Crippen LogP contribution in [0.25, 0.3) is 0 Å². The van der Waals surface area contributed by atoms with E-state index < -0.39 is 0 Å². The highest BCUT2D eigenvalue weighted by atomic mass is 79.9. The molecule has 1 aromatic rings. The van der Waals surface area contributed by atoms with Crippen molar-refractivity contribution in [3.05, 3.63) is 28.2 Å². The van der Waals surface area contributed by atoms with Crippen LogP contribution in [0.1, 0.15) is 37.3 Å². The summed E-state index contributed by atoms with van der Waals surface area (Å²) in [5.41, 5.74) is 12.3. The van der Waals surface area contributed by atoms with Crippen molar-refractivity contribution in [1.29, 1.82) is 0 Å². The Kier molecular flexibility index (Phi) is 8.34. The zero-order valence-corrected chi connectivity index (χ0v) is 13.9. The van der Waals surface area contributed by atoms with Crippen LogP contribution in [0.3, 0.4) is 0 Å². The number of halogens is 1. The molecule has 0 aromatic heterocycles. The Morgan fingerprint density at radius 2 is 2.10 bits per heavy atom. The van der Waals surface area contributed by atoms with E-state index >= 15 is 0 Å². The summed E-state index contributed by atoms with van der Waals surface area (Å²) in [5, 5.41) is 0. The molecule has 4 N–H and O–H groups in total. The monoisotopic (exact) mass is 358 g/mol. The van der Waals surface area contributed by atoms with Gasteiger partial charge in [-0.25, -0.2) is 0 Å². The van der Waals surface area contributed by atoms with E-state index in [1.54, 1.807) is 7.11 Å². The van der Waals surface area contributed by atoms with Crippen LogP contribution in [-0.2, 0) is 9.53 Å². The predicted molar refractivity (Wildman–Crippen MR) is 86.1 cm³/mol. The third kappa shape index (κ3) is 6.93. The summed E-state index contributed by atoms with van der Waals surface area (Å²) in [4.78, 5) is 10.7. The van der Waals surface area contributed by atoms with E-state index in [9.17, 15) is 4.79 Å². The molecule has 0 saturated carbocycles. The van der Waals surface area contributed by atoms with E-state index in [0.29, 0.717) is 19.6 Å². The molecule has 1 unspecified atom stereocenters. The Morgan fingerprint density at radius 3 is 2.71 bits per heavy atom. The maximum atomic E-state index is 10.7. The van der Waals surface area contributed by atoms with Crippen molar-refractivity contribution in [1.82, 2.24) is 0 Å². The smallest absolute Gasteiger partial charge is 0.217 e. The summed E-state index contributed by atoms with van der Waals surface area (Å²) in [6, 6.07) is 5.78. The van der Waals surface area contributed by atoms with Crippen LogP contribution in [0.4, 0.5) is 0 Å². The number of ether oxygens (including phenoxy) is 2. The first-order valence-electron chi connectivity index (χ1n) is 6.99. The molecule has 5 nitrogen and oxygen atoms in total. The molecule has 0 heterocycles. The topological polar surface area (TPSA) is 87.6 Å². The number of benzene rings is 1. The zero-order chi connectivity index (χ0) is 15.7. The van der Waals surface area contributed by atoms with Crippen molar-refractivity contribution in [2.24, 2.45) is 11.5 Å². The zero-order valence-electron chi connectivity index (χ0n) is 12.3. The summed E-state index contributed by atoms with van der Waals surface area (Å²) >= 11 is 3.49. The van der Waals surface area contributed by atoms with Gasteiger partial charge in [0.1, 0.15) is 12.4 Å². The second-order valence-electron chi connectivity index (χ2n) is 4.85. The maximum absolute atomic E-state index is 10.7. The average molecular weight is 359 g/mol. The lowest BCUT2D eigenvalue weighted by Gasteiger charge is -2.14. The molecule has 0 bridgehead atoms. The molecule has 0 saturated heterocycles. The van der Waals surface area contributed by atoms with E-state index in [0.717, 1.165) is 35.0 Å². The number of unbranched alkanes of at least 4 members (excludes halogenated alkanes) is 1. The van der Waals surface area contributed by atoms with Crippen molar-refractivity contribution in [2.75, 3.05) is 20.3 Å². The van der Waals surface area contributed by atoms with Crippen LogP contribution in [0.15, 0.2) is 22.7 Å². The Balaban J connectivity index is 2.47. The van der Waals surface area contributed by atoms with Crippen LogP contribution in [-0.4, -0.2) is 26.2 Å². The summed E-state index contributed by atoms with van der Waals surface area (Å²) in [6.07, 6.45) is 2.91. The maximum Gasteiger partial charge on any atom is 0.217 e. The Labute approximate surface area is 134 Å². The van der Waals surface area contributed by atoms with Gasteiger partial charge in [0.15, 0.2) is 0 Å². The van der Waals surface area contributed by atoms with E-state index in [2.05, 4.69) is 15.9 Å². The van der Waals surface area contributed by atoms with Crippen molar-refractivity contribution in [3.63, 3.8) is 0 Å². The van der Waals surface area contributed by atoms with Crippen LogP contribution < -0.4 is 16.2 Å². The third-order valence-corrected chi connectivity index (χ3v) is 3.74. The molecule has 6 heteroatoms. The first kappa shape index (κ1) is 17.9. The standard InChI is InChI=1S/C15H23BrN2O3/c1-20-8-9-21-14-7-6-11(10-12(14)16)13(17)4-2-3-5-15(18)19/h6-7,10,13H,2-5,8-9,17H2,1H3,(H2,18,19). The van der Waals surface area contributed by atoms with Gasteiger partial charge in [-0.15, -0.1) is 0 Å². The number of primary amides is 1. The molecule has 1 atom stereocenters. The quantitative estimate of drug-likeness (QED) is 0.629. The number of carbonyl (C=O) groups is 1. The van der Waals surface area contributed by atoms with Crippen molar-refractivity contribution in [2.45, 2.75) is 31.7 Å². The van der Waals surface area contributed by atoms with Gasteiger partial charge in [-0.3, -0.25) is 4.79 Å². The molecular weight excluding hydrogens is 336 g/mol. The van der Waals surface area contributed by atoms with E-state index in [1.165, 1.54) is 0 Å². The van der Waals surface area contributed by atoms with Gasteiger partial charge >= 0.3 is 0 Å². The highest BCUT2D eigenvalue weighted by Crippen LogP contribution is 2.29. The van der Waals surface area contributed by atoms with Crippen molar-refractivity contribution < 1.29 is 14.3 Å². The van der Waals surface area contributed by atoms with Crippen molar-refractivity contribution >= 4 is 21.8 Å². The van der Waals surface area contributed by atoms with Gasteiger partial charge in [0.05, 0.1) is 11.1 Å². The minimum atomic E-state index is -0.260. The lowest BCUT2D eigenvalue weighted by Crippen LogP contribution is -2.12. The van der Waals surface area contributed by atoms with Gasteiger partial charge in [0.25, 0.3) is 0 Å². The van der Waals surface area contributed by atoms with E-state index in [1.807, 2.05) is 18.2 Å². The molecule has 0 aliphatic carbocycles. The molecule has 21 heavy (non-hydrogen) atoms. The van der Waals surface area contributed by atoms with Crippen LogP contribution in [0.2, 0.25) is 0 Å². The number of hydrogen-bond donors (Lipinski definition) is 2. The molecule has 1 aromatic carbocycles. The average Bonchev–Trinajstić information content (AvgIpc) is 2.45. The summed E-state index contributed by atoms with van der Waals surface area (Å²) in [5.74, 6) is 0.514. The fourth-order valence-electron chi connectivity index (χ4n) is 1.93. The van der Waals surface area contributed by atoms with Gasteiger partial charge in [-0.05, 0) is 46.5 Å². The fraction of sp³-hybridized carbons (Fsp3) is 0.533. The first-order chi connectivity index (χ1) is 10.0. The summed E-state index contributed by atoms with van der Waals surface area (Å²) in [6.45, 7) is 1.06. The molecule has 0 fully saturated rings. The lowest BCUT2D eigenvalue weighted by molar-refractivity contribution is -0.118.